The lowest BCUT2D eigenvalue weighted by Crippen LogP contribution is -2.29. The first-order valence-electron chi connectivity index (χ1n) is 10.9. The van der Waals surface area contributed by atoms with Crippen LogP contribution in [-0.2, 0) is 12.6 Å². The van der Waals surface area contributed by atoms with Gasteiger partial charge >= 0.3 is 6.18 Å². The molecule has 6 nitrogen and oxygen atoms in total. The molecule has 0 saturated heterocycles. The highest BCUT2D eigenvalue weighted by Crippen LogP contribution is 2.42. The lowest BCUT2D eigenvalue weighted by atomic mass is 9.75. The Morgan fingerprint density at radius 3 is 2.48 bits per heavy atom. The third-order valence-corrected chi connectivity index (χ3v) is 7.59. The number of rotatable bonds is 4. The molecule has 1 aromatic heterocycles. The summed E-state index contributed by atoms with van der Waals surface area (Å²) in [4.78, 5) is 24.7. The van der Waals surface area contributed by atoms with Crippen LogP contribution in [0.5, 0.6) is 0 Å². The number of anilines is 1. The lowest BCUT2D eigenvalue weighted by Gasteiger charge is -2.29. The number of hydrogen-bond donors (Lipinski definition) is 2. The first kappa shape index (κ1) is 24.0. The number of ketones is 1. The molecule has 2 aromatic rings. The largest absolute Gasteiger partial charge is 0.435 e. The summed E-state index contributed by atoms with van der Waals surface area (Å²) in [6.45, 7) is 3.70. The molecule has 0 radical (unpaired) electrons. The van der Waals surface area contributed by atoms with Gasteiger partial charge in [0.05, 0.1) is 22.5 Å². The number of nitrogens with zero attached hydrogens (tertiary/aromatic N) is 2. The third kappa shape index (κ3) is 4.90. The van der Waals surface area contributed by atoms with Gasteiger partial charge in [-0.3, -0.25) is 9.59 Å². The molecular formula is C23H26F3IN4O2. The summed E-state index contributed by atoms with van der Waals surface area (Å²) in [6, 6.07) is 4.77. The molecule has 10 heteroatoms. The zero-order valence-electron chi connectivity index (χ0n) is 18.4. The number of benzene rings is 1. The zero-order chi connectivity index (χ0) is 24.1. The predicted molar refractivity (Wildman–Crippen MR) is 127 cm³/mol. The Labute approximate surface area is 203 Å². The predicted octanol–water partition coefficient (Wildman–Crippen LogP) is 5.30. The van der Waals surface area contributed by atoms with Gasteiger partial charge < -0.3 is 11.1 Å². The summed E-state index contributed by atoms with van der Waals surface area (Å²) < 4.78 is 43.1. The number of nitrogens with one attached hydrogen (secondary N) is 1. The Kier molecular flexibility index (Phi) is 6.25. The second-order valence-electron chi connectivity index (χ2n) is 9.71. The lowest BCUT2D eigenvalue weighted by molar-refractivity contribution is -0.141. The maximum absolute atomic E-state index is 13.8. The minimum absolute atomic E-state index is 0.0294. The molecule has 4 rings (SSSR count). The van der Waals surface area contributed by atoms with E-state index in [2.05, 4.69) is 33.0 Å². The van der Waals surface area contributed by atoms with E-state index < -0.39 is 29.0 Å². The first-order chi connectivity index (χ1) is 15.4. The normalized spacial score (nSPS) is 22.7. The number of primary amides is 1. The van der Waals surface area contributed by atoms with E-state index in [0.717, 1.165) is 25.7 Å². The van der Waals surface area contributed by atoms with E-state index in [9.17, 15) is 22.8 Å². The van der Waals surface area contributed by atoms with Crippen molar-refractivity contribution in [3.05, 3.63) is 40.7 Å². The molecule has 1 heterocycles. The van der Waals surface area contributed by atoms with E-state index in [1.165, 1.54) is 16.8 Å². The van der Waals surface area contributed by atoms with Crippen molar-refractivity contribution in [1.82, 2.24) is 9.78 Å². The van der Waals surface area contributed by atoms with Crippen LogP contribution >= 0.6 is 22.6 Å². The van der Waals surface area contributed by atoms with E-state index in [-0.39, 0.29) is 35.7 Å². The van der Waals surface area contributed by atoms with Crippen molar-refractivity contribution in [3.8, 4) is 5.69 Å². The minimum Gasteiger partial charge on any atom is -0.382 e. The Morgan fingerprint density at radius 1 is 1.21 bits per heavy atom. The summed E-state index contributed by atoms with van der Waals surface area (Å²) in [5, 5.41) is 7.22. The fourth-order valence-corrected chi connectivity index (χ4v) is 5.49. The Morgan fingerprint density at radius 2 is 1.88 bits per heavy atom. The molecule has 3 N–H and O–H groups in total. The van der Waals surface area contributed by atoms with E-state index in [1.54, 1.807) is 6.07 Å². The maximum Gasteiger partial charge on any atom is 0.435 e. The molecule has 1 saturated carbocycles. The van der Waals surface area contributed by atoms with Gasteiger partial charge in [-0.15, -0.1) is 0 Å². The number of carbonyl (C=O) groups is 2. The van der Waals surface area contributed by atoms with Gasteiger partial charge in [-0.1, -0.05) is 36.4 Å². The van der Waals surface area contributed by atoms with Crippen LogP contribution < -0.4 is 11.1 Å². The summed E-state index contributed by atoms with van der Waals surface area (Å²) in [7, 11) is 0. The van der Waals surface area contributed by atoms with Crippen LogP contribution in [0.1, 0.15) is 78.1 Å². The summed E-state index contributed by atoms with van der Waals surface area (Å²) in [5.41, 5.74) is 4.89. The quantitative estimate of drug-likeness (QED) is 0.383. The zero-order valence-corrected chi connectivity index (χ0v) is 20.6. The van der Waals surface area contributed by atoms with Gasteiger partial charge in [-0.05, 0) is 55.7 Å². The van der Waals surface area contributed by atoms with Crippen molar-refractivity contribution in [3.63, 3.8) is 0 Å². The number of amides is 1. The Bertz CT molecular complexity index is 1100. The molecule has 0 atom stereocenters. The minimum atomic E-state index is -4.75. The molecule has 1 aromatic carbocycles. The summed E-state index contributed by atoms with van der Waals surface area (Å²) in [5.74, 6) is -1.18. The van der Waals surface area contributed by atoms with E-state index in [4.69, 9.17) is 5.73 Å². The highest BCUT2D eigenvalue weighted by Gasteiger charge is 2.45. The highest BCUT2D eigenvalue weighted by molar-refractivity contribution is 14.1. The van der Waals surface area contributed by atoms with Gasteiger partial charge in [0, 0.05) is 22.1 Å². The van der Waals surface area contributed by atoms with Crippen molar-refractivity contribution in [2.75, 3.05) is 5.32 Å². The standard InChI is InChI=1S/C23H26F3IN4O2/c1-22(2)10-17-19(18(32)11-22)20(23(24,25)26)30-31(17)14-7-8-15(21(28)33)16(9-14)29-13-5-3-12(27)4-6-13/h7-9,12-13,29H,3-6,10-11H2,1-2H3,(H2,28,33). The number of fused-ring (bicyclic) bond motifs is 1. The fraction of sp³-hybridized carbons (Fsp3) is 0.522. The molecular weight excluding hydrogens is 548 g/mol. The monoisotopic (exact) mass is 574 g/mol. The Balaban J connectivity index is 1.81. The number of Topliss-reactive ketones (excluding diaryl/α,β-unsaturated/α-hetero) is 1. The molecule has 1 amide bonds. The van der Waals surface area contributed by atoms with Gasteiger partial charge in [-0.25, -0.2) is 4.68 Å². The summed E-state index contributed by atoms with van der Waals surface area (Å²) >= 11 is 2.43. The molecule has 0 bridgehead atoms. The van der Waals surface area contributed by atoms with Gasteiger partial charge in [-0.2, -0.15) is 18.3 Å². The molecule has 2 aliphatic rings. The van der Waals surface area contributed by atoms with Crippen molar-refractivity contribution in [2.24, 2.45) is 11.1 Å². The highest BCUT2D eigenvalue weighted by atomic mass is 127. The van der Waals surface area contributed by atoms with Crippen LogP contribution in [0.4, 0.5) is 18.9 Å². The number of carbonyl (C=O) groups excluding carboxylic acids is 2. The third-order valence-electron chi connectivity index (χ3n) is 6.34. The Hall–Kier alpha value is -2.11. The number of aromatic nitrogens is 2. The van der Waals surface area contributed by atoms with Crippen LogP contribution in [0.15, 0.2) is 18.2 Å². The van der Waals surface area contributed by atoms with Crippen molar-refractivity contribution < 1.29 is 22.8 Å². The SMILES string of the molecule is CC1(C)CC(=O)c2c(C(F)(F)F)nn(-c3ccc(C(N)=O)c(NC4CCC(I)CC4)c3)c2C1. The smallest absolute Gasteiger partial charge is 0.382 e. The molecule has 1 fully saturated rings. The second-order valence-corrected chi connectivity index (χ2v) is 11.5. The summed E-state index contributed by atoms with van der Waals surface area (Å²) in [6.07, 6.45) is -0.509. The van der Waals surface area contributed by atoms with E-state index >= 15 is 0 Å². The molecule has 33 heavy (non-hydrogen) atoms. The molecule has 0 unspecified atom stereocenters. The van der Waals surface area contributed by atoms with Gasteiger partial charge in [0.25, 0.3) is 5.91 Å². The topological polar surface area (TPSA) is 90.0 Å². The number of hydrogen-bond acceptors (Lipinski definition) is 4. The van der Waals surface area contributed by atoms with E-state index in [0.29, 0.717) is 15.3 Å². The van der Waals surface area contributed by atoms with Crippen LogP contribution in [-0.4, -0.2) is 31.4 Å². The number of nitrogens with two attached hydrogens (primary N) is 1. The first-order valence-corrected chi connectivity index (χ1v) is 12.2. The van der Waals surface area contributed by atoms with Crippen LogP contribution in [0.3, 0.4) is 0 Å². The van der Waals surface area contributed by atoms with Crippen LogP contribution in [0, 0.1) is 5.41 Å². The van der Waals surface area contributed by atoms with Gasteiger partial charge in [0.15, 0.2) is 11.5 Å². The number of alkyl halides is 4. The average molecular weight is 574 g/mol. The average Bonchev–Trinajstić information content (AvgIpc) is 3.08. The maximum atomic E-state index is 13.8. The van der Waals surface area contributed by atoms with Gasteiger partial charge in [0.1, 0.15) is 0 Å². The van der Waals surface area contributed by atoms with Crippen molar-refractivity contribution in [1.29, 1.82) is 0 Å². The van der Waals surface area contributed by atoms with Crippen LogP contribution in [0.2, 0.25) is 0 Å². The second kappa shape index (κ2) is 8.59. The molecule has 2 aliphatic carbocycles. The molecule has 0 spiro atoms. The van der Waals surface area contributed by atoms with Crippen molar-refractivity contribution >= 4 is 40.0 Å². The van der Waals surface area contributed by atoms with Crippen LogP contribution in [0.25, 0.3) is 5.69 Å². The number of halogens is 4. The van der Waals surface area contributed by atoms with Gasteiger partial charge in [0.2, 0.25) is 0 Å². The van der Waals surface area contributed by atoms with E-state index in [1.807, 2.05) is 13.8 Å². The molecule has 178 valence electrons. The molecule has 0 aliphatic heterocycles. The van der Waals surface area contributed by atoms with Crippen molar-refractivity contribution in [2.45, 2.75) is 68.5 Å². The fourth-order valence-electron chi connectivity index (χ4n) is 4.78.